The minimum Gasteiger partial charge on any atom is -0.310 e. The van der Waals surface area contributed by atoms with E-state index in [4.69, 9.17) is 0 Å². The Morgan fingerprint density at radius 1 is 0.373 bits per heavy atom. The quantitative estimate of drug-likeness (QED) is 0.160. The van der Waals surface area contributed by atoms with Crippen LogP contribution in [0.25, 0.3) is 38.3 Å². The van der Waals surface area contributed by atoms with E-state index in [1.165, 1.54) is 43.8 Å². The first-order valence-corrected chi connectivity index (χ1v) is 20.9. The summed E-state index contributed by atoms with van der Waals surface area (Å²) in [6.45, 7) is 18.0. The molecule has 0 spiro atoms. The van der Waals surface area contributed by atoms with Crippen molar-refractivity contribution in [2.45, 2.75) is 66.2 Å². The molecule has 0 aliphatic heterocycles. The molecule has 0 unspecified atom stereocenters. The van der Waals surface area contributed by atoms with Gasteiger partial charge in [0.05, 0.1) is 16.7 Å². The summed E-state index contributed by atoms with van der Waals surface area (Å²) in [6.07, 6.45) is 0. The number of fused-ring (bicyclic) bond motifs is 5. The van der Waals surface area contributed by atoms with Gasteiger partial charge in [0.2, 0.25) is 0 Å². The number of rotatable bonds is 7. The van der Waals surface area contributed by atoms with E-state index in [1.807, 2.05) is 0 Å². The molecule has 0 aliphatic carbocycles. The third-order valence-corrected chi connectivity index (χ3v) is 11.8. The molecule has 3 heteroatoms. The summed E-state index contributed by atoms with van der Waals surface area (Å²) >= 11 is 0. The number of para-hydroxylation sites is 1. The number of aromatic nitrogens is 1. The summed E-state index contributed by atoms with van der Waals surface area (Å²) in [5, 5.41) is 4.90. The molecule has 0 N–H and O–H groups in total. The number of hydrogen-bond acceptors (Lipinski definition) is 2. The van der Waals surface area contributed by atoms with E-state index in [1.54, 1.807) is 0 Å². The molecule has 0 atom stereocenters. The maximum Gasteiger partial charge on any atom is 0.0568 e. The number of nitrogens with zero attached hydrogens (tertiary/aromatic N) is 3. The average Bonchev–Trinajstić information content (AvgIpc) is 3.55. The van der Waals surface area contributed by atoms with Gasteiger partial charge < -0.3 is 14.4 Å². The molecule has 292 valence electrons. The monoisotopic (exact) mass is 767 g/mol. The highest BCUT2D eigenvalue weighted by atomic mass is 15.2. The van der Waals surface area contributed by atoms with E-state index in [-0.39, 0.29) is 10.8 Å². The number of hydrogen-bond donors (Lipinski definition) is 0. The zero-order valence-electron chi connectivity index (χ0n) is 35.6. The van der Waals surface area contributed by atoms with Gasteiger partial charge >= 0.3 is 0 Å². The van der Waals surface area contributed by atoms with Gasteiger partial charge in [-0.05, 0) is 131 Å². The standard InChI is InChI=1S/C56H53N3/c1-38-16-14-20-45(34-38)57(43-28-24-40(25-29-43)55(3,4)5)47-32-33-50-51(36-47)59(42-18-10-9-11-19-42)53-37-52(48-22-12-13-23-49(48)54(50)53)58(46-21-15-17-39(2)35-46)44-30-26-41(27-31-44)56(6,7)8/h9-37H,1-8H3. The van der Waals surface area contributed by atoms with Crippen LogP contribution in [0.4, 0.5) is 34.1 Å². The largest absolute Gasteiger partial charge is 0.310 e. The van der Waals surface area contributed by atoms with Crippen molar-refractivity contribution in [1.29, 1.82) is 0 Å². The summed E-state index contributed by atoms with van der Waals surface area (Å²) in [7, 11) is 0. The van der Waals surface area contributed by atoms with Crippen LogP contribution in [0.1, 0.15) is 63.8 Å². The lowest BCUT2D eigenvalue weighted by molar-refractivity contribution is 0.590. The number of anilines is 6. The lowest BCUT2D eigenvalue weighted by Crippen LogP contribution is -2.13. The molecule has 9 rings (SSSR count). The van der Waals surface area contributed by atoms with Gasteiger partial charge in [-0.3, -0.25) is 0 Å². The molecule has 1 aromatic heterocycles. The van der Waals surface area contributed by atoms with Crippen LogP contribution < -0.4 is 9.80 Å². The molecule has 59 heavy (non-hydrogen) atoms. The smallest absolute Gasteiger partial charge is 0.0568 e. The summed E-state index contributed by atoms with van der Waals surface area (Å²) in [6, 6.07) is 65.2. The highest BCUT2D eigenvalue weighted by molar-refractivity contribution is 6.25. The molecule has 0 bridgehead atoms. The van der Waals surface area contributed by atoms with E-state index < -0.39 is 0 Å². The Morgan fingerprint density at radius 3 is 1.42 bits per heavy atom. The zero-order chi connectivity index (χ0) is 41.1. The van der Waals surface area contributed by atoms with Gasteiger partial charge in [0.25, 0.3) is 0 Å². The SMILES string of the molecule is Cc1cccc(N(c2ccc(C(C)(C)C)cc2)c2ccc3c4c5ccccc5c(N(c5ccc(C(C)(C)C)cc5)c5cccc(C)c5)cc4n(-c4ccccc4)c3c2)c1. The molecule has 0 saturated heterocycles. The topological polar surface area (TPSA) is 11.4 Å². The van der Waals surface area contributed by atoms with Crippen LogP contribution in [-0.4, -0.2) is 4.57 Å². The second-order valence-corrected chi connectivity index (χ2v) is 18.2. The number of benzene rings is 8. The molecule has 3 nitrogen and oxygen atoms in total. The molecule has 1 heterocycles. The average molecular weight is 768 g/mol. The Bertz CT molecular complexity index is 2960. The second-order valence-electron chi connectivity index (χ2n) is 18.2. The molecular formula is C56H53N3. The molecule has 0 radical (unpaired) electrons. The number of aryl methyl sites for hydroxylation is 2. The lowest BCUT2D eigenvalue weighted by atomic mass is 9.87. The summed E-state index contributed by atoms with van der Waals surface area (Å²) < 4.78 is 2.47. The normalized spacial score (nSPS) is 12.1. The highest BCUT2D eigenvalue weighted by Crippen LogP contribution is 2.47. The fourth-order valence-corrected chi connectivity index (χ4v) is 8.66. The van der Waals surface area contributed by atoms with E-state index in [2.05, 4.69) is 246 Å². The molecule has 0 fully saturated rings. The predicted octanol–water partition coefficient (Wildman–Crippen LogP) is 16.1. The predicted molar refractivity (Wildman–Crippen MR) is 255 cm³/mol. The zero-order valence-corrected chi connectivity index (χ0v) is 35.6. The van der Waals surface area contributed by atoms with Crippen LogP contribution in [0.2, 0.25) is 0 Å². The van der Waals surface area contributed by atoms with Gasteiger partial charge in [-0.1, -0.05) is 139 Å². The first kappa shape index (κ1) is 38.0. The van der Waals surface area contributed by atoms with E-state index in [9.17, 15) is 0 Å². The van der Waals surface area contributed by atoms with Crippen molar-refractivity contribution in [3.8, 4) is 5.69 Å². The Balaban J connectivity index is 1.34. The minimum atomic E-state index is 0.0541. The first-order valence-electron chi connectivity index (χ1n) is 20.9. The van der Waals surface area contributed by atoms with Crippen LogP contribution in [-0.2, 0) is 10.8 Å². The van der Waals surface area contributed by atoms with Crippen molar-refractivity contribution < 1.29 is 0 Å². The molecular weight excluding hydrogens is 715 g/mol. The van der Waals surface area contributed by atoms with Crippen LogP contribution in [0.3, 0.4) is 0 Å². The second kappa shape index (κ2) is 14.7. The lowest BCUT2D eigenvalue weighted by Gasteiger charge is -2.28. The van der Waals surface area contributed by atoms with Gasteiger partial charge in [-0.2, -0.15) is 0 Å². The van der Waals surface area contributed by atoms with Crippen molar-refractivity contribution in [2.24, 2.45) is 0 Å². The van der Waals surface area contributed by atoms with Gasteiger partial charge in [-0.25, -0.2) is 0 Å². The van der Waals surface area contributed by atoms with E-state index in [0.717, 1.165) is 50.8 Å². The Labute approximate surface area is 349 Å². The van der Waals surface area contributed by atoms with Gasteiger partial charge in [0.15, 0.2) is 0 Å². The summed E-state index contributed by atoms with van der Waals surface area (Å²) in [4.78, 5) is 4.84. The third kappa shape index (κ3) is 7.05. The van der Waals surface area contributed by atoms with Crippen molar-refractivity contribution in [3.63, 3.8) is 0 Å². The van der Waals surface area contributed by atoms with Crippen molar-refractivity contribution in [1.82, 2.24) is 4.57 Å². The molecule has 0 saturated carbocycles. The van der Waals surface area contributed by atoms with Crippen LogP contribution >= 0.6 is 0 Å². The van der Waals surface area contributed by atoms with Crippen LogP contribution in [0, 0.1) is 13.8 Å². The van der Waals surface area contributed by atoms with Crippen LogP contribution in [0.5, 0.6) is 0 Å². The van der Waals surface area contributed by atoms with Gasteiger partial charge in [0, 0.05) is 50.3 Å². The van der Waals surface area contributed by atoms with E-state index in [0.29, 0.717) is 0 Å². The fourth-order valence-electron chi connectivity index (χ4n) is 8.66. The third-order valence-electron chi connectivity index (χ3n) is 11.8. The van der Waals surface area contributed by atoms with Gasteiger partial charge in [-0.15, -0.1) is 0 Å². The van der Waals surface area contributed by atoms with Crippen LogP contribution in [0.15, 0.2) is 176 Å². The van der Waals surface area contributed by atoms with Crippen molar-refractivity contribution in [2.75, 3.05) is 9.80 Å². The fraction of sp³-hybridized carbons (Fsp3) is 0.179. The molecule has 0 amide bonds. The summed E-state index contributed by atoms with van der Waals surface area (Å²) in [5.74, 6) is 0. The Morgan fingerprint density at radius 2 is 0.864 bits per heavy atom. The van der Waals surface area contributed by atoms with Gasteiger partial charge in [0.1, 0.15) is 0 Å². The maximum atomic E-state index is 2.47. The minimum absolute atomic E-state index is 0.0541. The molecule has 8 aromatic carbocycles. The van der Waals surface area contributed by atoms with E-state index >= 15 is 0 Å². The van der Waals surface area contributed by atoms with Crippen molar-refractivity contribution in [3.05, 3.63) is 198 Å². The maximum absolute atomic E-state index is 2.47. The molecule has 0 aliphatic rings. The first-order chi connectivity index (χ1) is 28.3. The molecule has 9 aromatic rings. The Hall–Kier alpha value is -6.58. The highest BCUT2D eigenvalue weighted by Gasteiger charge is 2.24. The Kier molecular flexibility index (Phi) is 9.44. The van der Waals surface area contributed by atoms with Crippen molar-refractivity contribution >= 4 is 66.7 Å². The summed E-state index contributed by atoms with van der Waals surface area (Å²) in [5.41, 5.74) is 15.4.